The van der Waals surface area contributed by atoms with Gasteiger partial charge in [0.25, 0.3) is 0 Å². The van der Waals surface area contributed by atoms with E-state index in [9.17, 15) is 9.90 Å². The molecule has 1 saturated heterocycles. The van der Waals surface area contributed by atoms with Gasteiger partial charge in [0.2, 0.25) is 5.91 Å². The smallest absolute Gasteiger partial charge is 0.239 e. The van der Waals surface area contributed by atoms with Gasteiger partial charge in [-0.1, -0.05) is 0 Å². The molecule has 0 aromatic heterocycles. The molecule has 0 spiro atoms. The largest absolute Gasteiger partial charge is 0.389 e. The molecule has 15 heavy (non-hydrogen) atoms. The zero-order valence-electron chi connectivity index (χ0n) is 9.40. The second-order valence-corrected chi connectivity index (χ2v) is 3.88. The first kappa shape index (κ1) is 12.4. The van der Waals surface area contributed by atoms with E-state index in [0.29, 0.717) is 6.54 Å². The maximum absolute atomic E-state index is 11.8. The Hall–Kier alpha value is -0.650. The minimum absolute atomic E-state index is 0.0823. The van der Waals surface area contributed by atoms with Gasteiger partial charge in [-0.15, -0.1) is 0 Å². The van der Waals surface area contributed by atoms with E-state index in [1.807, 2.05) is 0 Å². The molecule has 0 radical (unpaired) electrons. The van der Waals surface area contributed by atoms with Crippen molar-refractivity contribution in [2.75, 3.05) is 33.9 Å². The van der Waals surface area contributed by atoms with Crippen molar-refractivity contribution in [3.8, 4) is 0 Å². The lowest BCUT2D eigenvalue weighted by Gasteiger charge is -2.33. The molecule has 0 saturated carbocycles. The van der Waals surface area contributed by atoms with Gasteiger partial charge in [-0.05, 0) is 19.9 Å². The number of carbonyl (C=O) groups is 1. The number of piperidine rings is 1. The average Bonchev–Trinajstić information content (AvgIpc) is 2.21. The van der Waals surface area contributed by atoms with Crippen LogP contribution in [0.4, 0.5) is 0 Å². The molecule has 1 fully saturated rings. The molecule has 5 heteroatoms. The molecule has 1 aliphatic heterocycles. The van der Waals surface area contributed by atoms with Crippen molar-refractivity contribution in [2.24, 2.45) is 0 Å². The van der Waals surface area contributed by atoms with Gasteiger partial charge < -0.3 is 20.1 Å². The Morgan fingerprint density at radius 2 is 2.47 bits per heavy atom. The van der Waals surface area contributed by atoms with Crippen LogP contribution in [-0.4, -0.2) is 61.9 Å². The first-order chi connectivity index (χ1) is 7.19. The number of β-amino-alcohol motifs (C(OH)–C–C–N with tert-alkyl or cyclic N) is 1. The van der Waals surface area contributed by atoms with E-state index in [-0.39, 0.29) is 18.6 Å². The summed E-state index contributed by atoms with van der Waals surface area (Å²) in [5, 5.41) is 12.5. The van der Waals surface area contributed by atoms with Gasteiger partial charge >= 0.3 is 0 Å². The molecule has 1 aliphatic rings. The number of hydrogen-bond donors (Lipinski definition) is 2. The van der Waals surface area contributed by atoms with Gasteiger partial charge in [0, 0.05) is 20.2 Å². The monoisotopic (exact) mass is 216 g/mol. The van der Waals surface area contributed by atoms with Gasteiger partial charge in [-0.25, -0.2) is 0 Å². The Kier molecular flexibility index (Phi) is 5.01. The fourth-order valence-electron chi connectivity index (χ4n) is 1.89. The minimum atomic E-state index is -0.588. The molecule has 0 aromatic carbocycles. The highest BCUT2D eigenvalue weighted by molar-refractivity contribution is 5.82. The highest BCUT2D eigenvalue weighted by Crippen LogP contribution is 2.11. The third-order valence-corrected chi connectivity index (χ3v) is 2.67. The zero-order valence-corrected chi connectivity index (χ0v) is 9.40. The first-order valence-corrected chi connectivity index (χ1v) is 5.32. The van der Waals surface area contributed by atoms with Crippen LogP contribution in [0.3, 0.4) is 0 Å². The number of carbonyl (C=O) groups excluding carboxylic acids is 1. The molecular formula is C10H20N2O3. The molecule has 0 bridgehead atoms. The summed E-state index contributed by atoms with van der Waals surface area (Å²) in [6.07, 6.45) is 1.28. The van der Waals surface area contributed by atoms with Gasteiger partial charge in [0.05, 0.1) is 18.8 Å². The van der Waals surface area contributed by atoms with E-state index in [1.165, 1.54) is 7.11 Å². The third-order valence-electron chi connectivity index (χ3n) is 2.67. The normalized spacial score (nSPS) is 24.3. The number of amides is 1. The lowest BCUT2D eigenvalue weighted by molar-refractivity contribution is -0.137. The second-order valence-electron chi connectivity index (χ2n) is 3.88. The van der Waals surface area contributed by atoms with E-state index < -0.39 is 6.10 Å². The highest BCUT2D eigenvalue weighted by atomic mass is 16.5. The summed E-state index contributed by atoms with van der Waals surface area (Å²) in [4.78, 5) is 13.5. The zero-order chi connectivity index (χ0) is 11.3. The van der Waals surface area contributed by atoms with Gasteiger partial charge in [0.1, 0.15) is 0 Å². The van der Waals surface area contributed by atoms with Crippen molar-refractivity contribution < 1.29 is 14.6 Å². The van der Waals surface area contributed by atoms with Gasteiger partial charge in [-0.3, -0.25) is 4.79 Å². The molecule has 2 unspecified atom stereocenters. The summed E-state index contributed by atoms with van der Waals surface area (Å²) < 4.78 is 4.83. The summed E-state index contributed by atoms with van der Waals surface area (Å²) in [5.41, 5.74) is 0. The van der Waals surface area contributed by atoms with Crippen molar-refractivity contribution >= 4 is 5.91 Å². The third kappa shape index (κ3) is 3.44. The van der Waals surface area contributed by atoms with Crippen LogP contribution in [0.2, 0.25) is 0 Å². The fraction of sp³-hybridized carbons (Fsp3) is 0.900. The molecule has 1 heterocycles. The Labute approximate surface area is 90.4 Å². The minimum Gasteiger partial charge on any atom is -0.389 e. The topological polar surface area (TPSA) is 61.8 Å². The number of nitrogens with zero attached hydrogens (tertiary/aromatic N) is 1. The number of aliphatic hydroxyl groups excluding tert-OH is 1. The molecule has 88 valence electrons. The van der Waals surface area contributed by atoms with Crippen LogP contribution >= 0.6 is 0 Å². The highest BCUT2D eigenvalue weighted by Gasteiger charge is 2.28. The molecule has 5 nitrogen and oxygen atoms in total. The number of ether oxygens (including phenoxy) is 1. The molecule has 0 aromatic rings. The van der Waals surface area contributed by atoms with Crippen molar-refractivity contribution in [1.29, 1.82) is 0 Å². The number of aliphatic hydroxyl groups is 1. The Morgan fingerprint density at radius 1 is 1.73 bits per heavy atom. The van der Waals surface area contributed by atoms with Crippen molar-refractivity contribution in [3.05, 3.63) is 0 Å². The number of nitrogens with one attached hydrogen (secondary N) is 1. The fourth-order valence-corrected chi connectivity index (χ4v) is 1.89. The van der Waals surface area contributed by atoms with Crippen LogP contribution in [-0.2, 0) is 9.53 Å². The summed E-state index contributed by atoms with van der Waals surface area (Å²) in [6, 6.07) is -0.0894. The number of likely N-dealkylation sites (N-methyl/N-ethyl adjacent to an activating group) is 1. The average molecular weight is 216 g/mol. The van der Waals surface area contributed by atoms with Crippen molar-refractivity contribution in [2.45, 2.75) is 25.0 Å². The van der Waals surface area contributed by atoms with Crippen LogP contribution in [0, 0.1) is 0 Å². The number of likely N-dealkylation sites (tertiary alicyclic amines) is 1. The van der Waals surface area contributed by atoms with Crippen molar-refractivity contribution in [3.63, 3.8) is 0 Å². The van der Waals surface area contributed by atoms with E-state index in [1.54, 1.807) is 11.9 Å². The Balaban J connectivity index is 2.43. The summed E-state index contributed by atoms with van der Waals surface area (Å²) >= 11 is 0. The predicted octanol–water partition coefficient (Wildman–Crippen LogP) is -0.796. The van der Waals surface area contributed by atoms with E-state index in [0.717, 1.165) is 19.4 Å². The number of hydrogen-bond acceptors (Lipinski definition) is 4. The van der Waals surface area contributed by atoms with Crippen LogP contribution < -0.4 is 5.32 Å². The summed E-state index contributed by atoms with van der Waals surface area (Å²) in [7, 11) is 3.33. The van der Waals surface area contributed by atoms with Crippen LogP contribution in [0.5, 0.6) is 0 Å². The Morgan fingerprint density at radius 3 is 3.07 bits per heavy atom. The predicted molar refractivity (Wildman–Crippen MR) is 56.5 cm³/mol. The molecule has 1 rings (SSSR count). The lowest BCUT2D eigenvalue weighted by Crippen LogP contribution is -2.52. The van der Waals surface area contributed by atoms with E-state index in [2.05, 4.69) is 5.32 Å². The molecule has 2 N–H and O–H groups in total. The molecular weight excluding hydrogens is 196 g/mol. The van der Waals surface area contributed by atoms with Crippen LogP contribution in [0.1, 0.15) is 12.8 Å². The quantitative estimate of drug-likeness (QED) is 0.632. The standard InChI is InChI=1S/C10H20N2O3/c1-11-9-4-3-5-12(10(9)14)6-8(13)7-15-2/h8-9,11,13H,3-7H2,1-2H3. The number of methoxy groups -OCH3 is 1. The van der Waals surface area contributed by atoms with Crippen LogP contribution in [0.15, 0.2) is 0 Å². The van der Waals surface area contributed by atoms with E-state index in [4.69, 9.17) is 4.74 Å². The lowest BCUT2D eigenvalue weighted by atomic mass is 10.0. The Bertz CT molecular complexity index is 211. The maximum atomic E-state index is 11.8. The van der Waals surface area contributed by atoms with Gasteiger partial charge in [-0.2, -0.15) is 0 Å². The maximum Gasteiger partial charge on any atom is 0.239 e. The summed E-state index contributed by atoms with van der Waals surface area (Å²) in [5.74, 6) is 0.0823. The van der Waals surface area contributed by atoms with Crippen molar-refractivity contribution in [1.82, 2.24) is 10.2 Å². The molecule has 1 amide bonds. The van der Waals surface area contributed by atoms with Crippen LogP contribution in [0.25, 0.3) is 0 Å². The SMILES string of the molecule is CNC1CCCN(CC(O)COC)C1=O. The number of rotatable bonds is 5. The first-order valence-electron chi connectivity index (χ1n) is 5.32. The molecule has 2 atom stereocenters. The van der Waals surface area contributed by atoms with Gasteiger partial charge in [0.15, 0.2) is 0 Å². The second kappa shape index (κ2) is 6.05. The molecule has 0 aliphatic carbocycles. The van der Waals surface area contributed by atoms with E-state index >= 15 is 0 Å². The summed E-state index contributed by atoms with van der Waals surface area (Å²) in [6.45, 7) is 1.37.